The summed E-state index contributed by atoms with van der Waals surface area (Å²) >= 11 is 9.48. The van der Waals surface area contributed by atoms with Gasteiger partial charge < -0.3 is 42.6 Å². The topological polar surface area (TPSA) is 189 Å². The summed E-state index contributed by atoms with van der Waals surface area (Å²) < 4.78 is 56.0. The minimum Gasteiger partial charge on any atom is -0.459 e. The molecule has 0 aliphatic carbocycles. The Labute approximate surface area is 380 Å². The van der Waals surface area contributed by atoms with E-state index in [0.29, 0.717) is 0 Å². The third-order valence-electron chi connectivity index (χ3n) is 10.9. The highest BCUT2D eigenvalue weighted by Gasteiger charge is 2.61. The van der Waals surface area contributed by atoms with Crippen LogP contribution in [0, 0.1) is 0 Å². The molecule has 3 fully saturated rings. The third-order valence-corrected chi connectivity index (χ3v) is 11.8. The number of ether oxygens (including phenoxy) is 9. The number of alkyl halides is 2. The van der Waals surface area contributed by atoms with Crippen LogP contribution in [0.4, 0.5) is 0 Å². The van der Waals surface area contributed by atoms with Crippen molar-refractivity contribution in [3.05, 3.63) is 143 Å². The standard InChI is InChI=1S/C46H41BrClNO15/c1-46(2)63-35-31(24-57-43(54)26-16-8-4-9-17-26)59-45(38(37(35)64-46)61-44(55)27-18-10-5-11-19-27)62-34-30(23-56-42(53)25-14-6-3-7-15-25)58-39(47)33(36(34)60-32(50)22-48)49-40(51)28-20-12-13-21-29(28)41(49)52/h3-21,30-31,33-39,45H,22-24H2,1-2H3/t30-,31-,33-,34-,35+,36-,37+,38-,39-,45+/m1/s1. The van der Waals surface area contributed by atoms with E-state index in [1.165, 1.54) is 24.3 Å². The van der Waals surface area contributed by atoms with E-state index in [2.05, 4.69) is 15.9 Å². The summed E-state index contributed by atoms with van der Waals surface area (Å²) in [6.45, 7) is 2.34. The minimum atomic E-state index is -1.68. The molecule has 0 bridgehead atoms. The van der Waals surface area contributed by atoms with Gasteiger partial charge in [0.1, 0.15) is 60.7 Å². The molecule has 0 radical (unpaired) electrons. The number of amides is 2. The first-order valence-corrected chi connectivity index (χ1v) is 21.7. The van der Waals surface area contributed by atoms with Gasteiger partial charge in [-0.05, 0) is 62.4 Å². The molecule has 2 amide bonds. The fourth-order valence-electron chi connectivity index (χ4n) is 8.00. The Hall–Kier alpha value is -5.53. The van der Waals surface area contributed by atoms with Crippen LogP contribution in [0.15, 0.2) is 115 Å². The normalized spacial score (nSPS) is 28.1. The van der Waals surface area contributed by atoms with Crippen molar-refractivity contribution in [1.29, 1.82) is 0 Å². The summed E-state index contributed by atoms with van der Waals surface area (Å²) in [5.41, 5.74) is 0.830. The summed E-state index contributed by atoms with van der Waals surface area (Å²) in [5.74, 6) is -6.56. The van der Waals surface area contributed by atoms with Crippen LogP contribution in [0.25, 0.3) is 0 Å². The average Bonchev–Trinajstić information content (AvgIpc) is 3.77. The van der Waals surface area contributed by atoms with Crippen molar-refractivity contribution >= 4 is 63.2 Å². The van der Waals surface area contributed by atoms with E-state index in [1.807, 2.05) is 0 Å². The lowest BCUT2D eigenvalue weighted by Crippen LogP contribution is -2.68. The second kappa shape index (κ2) is 19.3. The van der Waals surface area contributed by atoms with Crippen molar-refractivity contribution in [3.8, 4) is 0 Å². The van der Waals surface area contributed by atoms with E-state index in [-0.39, 0.29) is 27.8 Å². The summed E-state index contributed by atoms with van der Waals surface area (Å²) in [6, 6.07) is 29.2. The van der Waals surface area contributed by atoms with Crippen LogP contribution >= 0.6 is 27.5 Å². The Bertz CT molecular complexity index is 2340. The number of nitrogens with zero attached hydrogens (tertiary/aromatic N) is 1. The highest BCUT2D eigenvalue weighted by molar-refractivity contribution is 9.09. The zero-order chi connectivity index (χ0) is 45.1. The zero-order valence-corrected chi connectivity index (χ0v) is 36.5. The van der Waals surface area contributed by atoms with Crippen LogP contribution in [0.5, 0.6) is 0 Å². The molecular weight excluding hydrogens is 922 g/mol. The van der Waals surface area contributed by atoms with Gasteiger partial charge in [0.05, 0.1) is 27.8 Å². The summed E-state index contributed by atoms with van der Waals surface area (Å²) in [5, 5.41) is -1.26. The molecule has 64 heavy (non-hydrogen) atoms. The first kappa shape index (κ1) is 45.1. The number of hydrogen-bond acceptors (Lipinski definition) is 15. The quantitative estimate of drug-likeness (QED) is 0.0708. The number of rotatable bonds is 13. The molecule has 0 unspecified atom stereocenters. The molecule has 16 nitrogen and oxygen atoms in total. The van der Waals surface area contributed by atoms with Gasteiger partial charge in [0.15, 0.2) is 24.3 Å². The van der Waals surface area contributed by atoms with Crippen LogP contribution in [0.2, 0.25) is 0 Å². The van der Waals surface area contributed by atoms with Crippen LogP contribution in [-0.4, -0.2) is 126 Å². The molecule has 334 valence electrons. The summed E-state index contributed by atoms with van der Waals surface area (Å²) in [6.07, 6.45) is -11.0. The van der Waals surface area contributed by atoms with Crippen molar-refractivity contribution in [3.63, 3.8) is 0 Å². The fraction of sp³-hybridized carbons (Fsp3) is 0.348. The minimum absolute atomic E-state index is 0.0921. The summed E-state index contributed by atoms with van der Waals surface area (Å²) in [4.78, 5) is 82.8. The largest absolute Gasteiger partial charge is 0.459 e. The Morgan fingerprint density at radius 2 is 1.11 bits per heavy atom. The Balaban J connectivity index is 1.19. The molecule has 10 atom stereocenters. The number of imide groups is 1. The first-order chi connectivity index (χ1) is 30.8. The Morgan fingerprint density at radius 1 is 0.625 bits per heavy atom. The first-order valence-electron chi connectivity index (χ1n) is 20.2. The number of esters is 4. The number of carbonyl (C=O) groups excluding carboxylic acids is 6. The number of carbonyl (C=O) groups is 6. The molecule has 3 saturated heterocycles. The molecule has 18 heteroatoms. The average molecular weight is 963 g/mol. The van der Waals surface area contributed by atoms with Gasteiger partial charge in [-0.25, -0.2) is 14.4 Å². The molecule has 4 heterocycles. The van der Waals surface area contributed by atoms with Crippen LogP contribution in [0.3, 0.4) is 0 Å². The highest BCUT2D eigenvalue weighted by atomic mass is 79.9. The van der Waals surface area contributed by atoms with Crippen molar-refractivity contribution < 1.29 is 71.4 Å². The van der Waals surface area contributed by atoms with Crippen LogP contribution < -0.4 is 0 Å². The van der Waals surface area contributed by atoms with E-state index in [0.717, 1.165) is 4.90 Å². The predicted octanol–water partition coefficient (Wildman–Crippen LogP) is 5.49. The van der Waals surface area contributed by atoms with Crippen molar-refractivity contribution in [2.24, 2.45) is 0 Å². The van der Waals surface area contributed by atoms with Crippen LogP contribution in [0.1, 0.15) is 65.6 Å². The van der Waals surface area contributed by atoms with Crippen molar-refractivity contribution in [1.82, 2.24) is 4.90 Å². The van der Waals surface area contributed by atoms with Crippen molar-refractivity contribution in [2.75, 3.05) is 19.1 Å². The molecule has 8 rings (SSSR count). The van der Waals surface area contributed by atoms with Crippen LogP contribution in [-0.2, 0) is 47.4 Å². The van der Waals surface area contributed by atoms with E-state index >= 15 is 0 Å². The zero-order valence-electron chi connectivity index (χ0n) is 34.2. The highest BCUT2D eigenvalue weighted by Crippen LogP contribution is 2.42. The lowest BCUT2D eigenvalue weighted by molar-refractivity contribution is -0.322. The number of hydrogen-bond donors (Lipinski definition) is 0. The third kappa shape index (κ3) is 9.47. The smallest absolute Gasteiger partial charge is 0.338 e. The maximum atomic E-state index is 14.1. The Morgan fingerprint density at radius 3 is 1.64 bits per heavy atom. The molecule has 4 aliphatic rings. The van der Waals surface area contributed by atoms with Gasteiger partial charge in [0.25, 0.3) is 11.8 Å². The molecule has 0 spiro atoms. The lowest BCUT2D eigenvalue weighted by Gasteiger charge is -2.49. The maximum absolute atomic E-state index is 14.1. The second-order valence-corrected chi connectivity index (χ2v) is 16.7. The molecular formula is C46H41BrClNO15. The molecule has 0 N–H and O–H groups in total. The van der Waals surface area contributed by atoms with Gasteiger partial charge in [0, 0.05) is 0 Å². The summed E-state index contributed by atoms with van der Waals surface area (Å²) in [7, 11) is 0. The van der Waals surface area contributed by atoms with Crippen molar-refractivity contribution in [2.45, 2.75) is 79.7 Å². The van der Waals surface area contributed by atoms with E-state index in [1.54, 1.807) is 105 Å². The molecule has 4 aliphatic heterocycles. The molecule has 0 aromatic heterocycles. The van der Waals surface area contributed by atoms with Gasteiger partial charge in [-0.3, -0.25) is 19.3 Å². The van der Waals surface area contributed by atoms with Gasteiger partial charge in [-0.15, -0.1) is 11.6 Å². The number of benzene rings is 4. The predicted molar refractivity (Wildman–Crippen MR) is 225 cm³/mol. The lowest BCUT2D eigenvalue weighted by atomic mass is 9.95. The van der Waals surface area contributed by atoms with Gasteiger partial charge in [-0.2, -0.15) is 0 Å². The molecule has 4 aromatic carbocycles. The Kier molecular flexibility index (Phi) is 13.6. The second-order valence-electron chi connectivity index (χ2n) is 15.5. The van der Waals surface area contributed by atoms with Gasteiger partial charge in [-0.1, -0.05) is 82.7 Å². The van der Waals surface area contributed by atoms with Gasteiger partial charge >= 0.3 is 23.9 Å². The van der Waals surface area contributed by atoms with E-state index in [9.17, 15) is 28.8 Å². The SMILES string of the molecule is CC1(C)O[C@H]2[C@@H](O1)[C@@H](COC(=O)c1ccccc1)O[C@@H](O[C@H]1[C@H](OC(=O)CCl)[C@@H](N3C(=O)c4ccccc4C3=O)[C@H](Br)O[C@@H]1COC(=O)c1ccccc1)[C@@H]2OC(=O)c1ccccc1. The van der Waals surface area contributed by atoms with Gasteiger partial charge in [0.2, 0.25) is 0 Å². The maximum Gasteiger partial charge on any atom is 0.338 e. The molecule has 4 aromatic rings. The number of fused-ring (bicyclic) bond motifs is 2. The van der Waals surface area contributed by atoms with E-state index < -0.39 is 121 Å². The van der Waals surface area contributed by atoms with E-state index in [4.69, 9.17) is 54.2 Å². The monoisotopic (exact) mass is 961 g/mol. The number of halogens is 2. The molecule has 0 saturated carbocycles. The fourth-order valence-corrected chi connectivity index (χ4v) is 8.88.